The Kier molecular flexibility index (Phi) is 9.44. The molecule has 8 N–H and O–H groups in total. The minimum atomic E-state index is -1.18. The molecule has 0 aliphatic heterocycles. The predicted molar refractivity (Wildman–Crippen MR) is 160 cm³/mol. The number of nitrogens with two attached hydrogens (primary N) is 4. The van der Waals surface area contributed by atoms with Crippen molar-refractivity contribution in [1.82, 2.24) is 0 Å². The molecule has 0 spiro atoms. The Morgan fingerprint density at radius 3 is 1.84 bits per heavy atom. The van der Waals surface area contributed by atoms with E-state index in [1.165, 1.54) is 56.9 Å². The van der Waals surface area contributed by atoms with Crippen LogP contribution in [0.2, 0.25) is 0 Å². The fourth-order valence-corrected chi connectivity index (χ4v) is 6.69. The lowest BCUT2D eigenvalue weighted by Gasteiger charge is -2.38. The molecule has 0 saturated heterocycles. The number of aryl methyl sites for hydroxylation is 1. The number of rotatable bonds is 5. The monoisotopic (exact) mass is 508 g/mol. The lowest BCUT2D eigenvalue weighted by atomic mass is 9.68. The van der Waals surface area contributed by atoms with Crippen LogP contribution in [-0.4, -0.2) is 0 Å². The molecule has 0 amide bonds. The summed E-state index contributed by atoms with van der Waals surface area (Å²) >= 11 is 0. The van der Waals surface area contributed by atoms with E-state index in [1.807, 2.05) is 46.8 Å². The van der Waals surface area contributed by atoms with Gasteiger partial charge in [-0.2, -0.15) is 0 Å². The van der Waals surface area contributed by atoms with E-state index in [1.54, 1.807) is 0 Å². The molecule has 0 bridgehead atoms. The largest absolute Gasteiger partial charge is 0.469 e. The van der Waals surface area contributed by atoms with Gasteiger partial charge in [0.2, 0.25) is 0 Å². The standard InChI is InChI=1S/C30H46N4O.C2H6/c1-17-6-8-21(9-7-17)22-10-12-23(13-11-22)25-16-27(32)28(29(33)20(25)4)30(5,34)35-24-14-18(2)19(3)26(31)15-24;1-2/h14-17,21-23H,6-13,31-34H2,1-5H3;1-2H3. The van der Waals surface area contributed by atoms with E-state index in [0.717, 1.165) is 34.4 Å². The van der Waals surface area contributed by atoms with E-state index < -0.39 is 5.72 Å². The van der Waals surface area contributed by atoms with Gasteiger partial charge >= 0.3 is 0 Å². The third-order valence-electron chi connectivity index (χ3n) is 9.15. The molecule has 2 aromatic carbocycles. The molecule has 206 valence electrons. The molecule has 5 heteroatoms. The van der Waals surface area contributed by atoms with Crippen LogP contribution in [0.25, 0.3) is 0 Å². The van der Waals surface area contributed by atoms with Crippen molar-refractivity contribution in [3.05, 3.63) is 46.0 Å². The quantitative estimate of drug-likeness (QED) is 0.244. The molecule has 2 aliphatic rings. The Morgan fingerprint density at radius 1 is 0.757 bits per heavy atom. The van der Waals surface area contributed by atoms with Crippen molar-refractivity contribution in [2.75, 3.05) is 17.2 Å². The number of benzene rings is 2. The van der Waals surface area contributed by atoms with Gasteiger partial charge in [0.05, 0.1) is 5.56 Å². The van der Waals surface area contributed by atoms with E-state index in [9.17, 15) is 0 Å². The minimum absolute atomic E-state index is 0.511. The molecule has 0 aromatic heterocycles. The first-order valence-electron chi connectivity index (χ1n) is 14.5. The fraction of sp³-hybridized carbons (Fsp3) is 0.625. The van der Waals surface area contributed by atoms with E-state index in [4.69, 9.17) is 27.7 Å². The molecule has 1 atom stereocenters. The summed E-state index contributed by atoms with van der Waals surface area (Å²) in [5.41, 5.74) is 32.1. The summed E-state index contributed by atoms with van der Waals surface area (Å²) in [6.45, 7) is 14.3. The maximum Gasteiger partial charge on any atom is 0.185 e. The zero-order valence-corrected chi connectivity index (χ0v) is 24.4. The van der Waals surface area contributed by atoms with Crippen molar-refractivity contribution < 1.29 is 4.74 Å². The SMILES string of the molecule is CC.Cc1cc(OC(C)(N)c2c(N)cc(C3CCC(C4CCC(C)CC4)CC3)c(C)c2N)cc(N)c1C. The molecule has 5 nitrogen and oxygen atoms in total. The second kappa shape index (κ2) is 12.0. The summed E-state index contributed by atoms with van der Waals surface area (Å²) in [4.78, 5) is 0. The Labute approximate surface area is 225 Å². The molecular weight excluding hydrogens is 456 g/mol. The van der Waals surface area contributed by atoms with E-state index in [2.05, 4.69) is 19.9 Å². The molecule has 2 aliphatic carbocycles. The van der Waals surface area contributed by atoms with Crippen LogP contribution >= 0.6 is 0 Å². The summed E-state index contributed by atoms with van der Waals surface area (Å²) in [5.74, 6) is 3.86. The Hall–Kier alpha value is -2.40. The highest BCUT2D eigenvalue weighted by molar-refractivity contribution is 5.70. The van der Waals surface area contributed by atoms with Crippen molar-refractivity contribution in [3.63, 3.8) is 0 Å². The van der Waals surface area contributed by atoms with Crippen LogP contribution in [0.1, 0.15) is 113 Å². The number of nitrogen functional groups attached to an aromatic ring is 3. The van der Waals surface area contributed by atoms with Crippen LogP contribution in [0.5, 0.6) is 5.75 Å². The highest BCUT2D eigenvalue weighted by Crippen LogP contribution is 2.46. The smallest absolute Gasteiger partial charge is 0.185 e. The fourth-order valence-electron chi connectivity index (χ4n) is 6.69. The first-order valence-corrected chi connectivity index (χ1v) is 14.5. The van der Waals surface area contributed by atoms with Crippen LogP contribution < -0.4 is 27.7 Å². The lowest BCUT2D eigenvalue weighted by molar-refractivity contribution is 0.0962. The van der Waals surface area contributed by atoms with Gasteiger partial charge in [0.15, 0.2) is 5.72 Å². The summed E-state index contributed by atoms with van der Waals surface area (Å²) in [6.07, 6.45) is 10.7. The van der Waals surface area contributed by atoms with Gasteiger partial charge in [-0.3, -0.25) is 5.73 Å². The number of anilines is 3. The molecule has 4 rings (SSSR count). The van der Waals surface area contributed by atoms with Gasteiger partial charge < -0.3 is 21.9 Å². The highest BCUT2D eigenvalue weighted by Gasteiger charge is 2.34. The minimum Gasteiger partial charge on any atom is -0.469 e. The van der Waals surface area contributed by atoms with E-state index in [-0.39, 0.29) is 0 Å². The van der Waals surface area contributed by atoms with Crippen LogP contribution in [0.3, 0.4) is 0 Å². The van der Waals surface area contributed by atoms with Crippen molar-refractivity contribution >= 4 is 17.1 Å². The Bertz CT molecular complexity index is 1040. The van der Waals surface area contributed by atoms with Crippen molar-refractivity contribution in [1.29, 1.82) is 0 Å². The van der Waals surface area contributed by atoms with Crippen molar-refractivity contribution in [2.45, 2.75) is 111 Å². The third kappa shape index (κ3) is 6.37. The summed E-state index contributed by atoms with van der Waals surface area (Å²) < 4.78 is 6.23. The van der Waals surface area contributed by atoms with Crippen molar-refractivity contribution in [2.24, 2.45) is 23.5 Å². The second-order valence-electron chi connectivity index (χ2n) is 11.8. The van der Waals surface area contributed by atoms with Crippen LogP contribution in [0.15, 0.2) is 18.2 Å². The van der Waals surface area contributed by atoms with Crippen LogP contribution in [0.4, 0.5) is 17.1 Å². The molecule has 0 radical (unpaired) electrons. The predicted octanol–water partition coefficient (Wildman–Crippen LogP) is 7.70. The molecule has 2 fully saturated rings. The molecule has 2 aromatic rings. The topological polar surface area (TPSA) is 113 Å². The maximum absolute atomic E-state index is 6.71. The average Bonchev–Trinajstić information content (AvgIpc) is 2.86. The van der Waals surface area contributed by atoms with Crippen molar-refractivity contribution in [3.8, 4) is 5.75 Å². The Morgan fingerprint density at radius 2 is 1.30 bits per heavy atom. The van der Waals surface area contributed by atoms with E-state index >= 15 is 0 Å². The van der Waals surface area contributed by atoms with Gasteiger partial charge in [-0.15, -0.1) is 0 Å². The van der Waals surface area contributed by atoms with Gasteiger partial charge in [-0.25, -0.2) is 0 Å². The number of hydrogen-bond acceptors (Lipinski definition) is 5. The third-order valence-corrected chi connectivity index (χ3v) is 9.15. The molecule has 2 saturated carbocycles. The van der Waals surface area contributed by atoms with Crippen LogP contribution in [-0.2, 0) is 5.72 Å². The number of ether oxygens (including phenoxy) is 1. The first-order chi connectivity index (χ1) is 17.5. The highest BCUT2D eigenvalue weighted by atomic mass is 16.5. The first kappa shape index (κ1) is 29.2. The summed E-state index contributed by atoms with van der Waals surface area (Å²) in [7, 11) is 0. The molecular formula is C32H52N4O. The lowest BCUT2D eigenvalue weighted by Crippen LogP contribution is -2.41. The Balaban J connectivity index is 0.00000186. The van der Waals surface area contributed by atoms with Gasteiger partial charge in [-0.05, 0) is 124 Å². The summed E-state index contributed by atoms with van der Waals surface area (Å²) in [5, 5.41) is 0. The maximum atomic E-state index is 6.71. The summed E-state index contributed by atoms with van der Waals surface area (Å²) in [6, 6.07) is 5.87. The second-order valence-corrected chi connectivity index (χ2v) is 11.8. The molecule has 37 heavy (non-hydrogen) atoms. The van der Waals surface area contributed by atoms with Crippen LogP contribution in [0, 0.1) is 38.5 Å². The zero-order valence-electron chi connectivity index (χ0n) is 24.4. The molecule has 1 unspecified atom stereocenters. The van der Waals surface area contributed by atoms with Gasteiger partial charge in [0.25, 0.3) is 0 Å². The molecule has 0 heterocycles. The van der Waals surface area contributed by atoms with E-state index in [0.29, 0.717) is 34.3 Å². The zero-order chi connectivity index (χ0) is 27.5. The van der Waals surface area contributed by atoms with Gasteiger partial charge in [0, 0.05) is 23.1 Å². The number of hydrogen-bond donors (Lipinski definition) is 4. The average molecular weight is 509 g/mol. The van der Waals surface area contributed by atoms with Gasteiger partial charge in [-0.1, -0.05) is 33.6 Å². The van der Waals surface area contributed by atoms with Gasteiger partial charge in [0.1, 0.15) is 5.75 Å². The normalized spacial score (nSPS) is 25.5.